The number of rotatable bonds is 8. The number of carbonyl (C=O) groups excluding carboxylic acids is 3. The molecule has 0 aliphatic heterocycles. The van der Waals surface area contributed by atoms with E-state index < -0.39 is 23.8 Å². The zero-order valence-corrected chi connectivity index (χ0v) is 22.1. The molecule has 0 saturated carbocycles. The molecule has 2 unspecified atom stereocenters. The number of nitrogens with one attached hydrogen (secondary N) is 2. The number of nitrogens with zero attached hydrogens (tertiary/aromatic N) is 1. The lowest BCUT2D eigenvalue weighted by molar-refractivity contribution is -0.141. The highest BCUT2D eigenvalue weighted by molar-refractivity contribution is 5.92. The van der Waals surface area contributed by atoms with E-state index in [0.29, 0.717) is 5.56 Å². The Hall–Kier alpha value is -3.35. The Morgan fingerprint density at radius 3 is 2.03 bits per heavy atom. The Morgan fingerprint density at radius 2 is 1.51 bits per heavy atom. The van der Waals surface area contributed by atoms with Crippen LogP contribution in [0.4, 0.5) is 4.79 Å². The molecule has 190 valence electrons. The van der Waals surface area contributed by atoms with Crippen molar-refractivity contribution in [3.8, 4) is 0 Å². The molecule has 2 atom stereocenters. The van der Waals surface area contributed by atoms with E-state index in [2.05, 4.69) is 10.6 Å². The zero-order chi connectivity index (χ0) is 26.3. The summed E-state index contributed by atoms with van der Waals surface area (Å²) >= 11 is 0. The highest BCUT2D eigenvalue weighted by atomic mass is 16.6. The summed E-state index contributed by atoms with van der Waals surface area (Å²) in [5, 5.41) is 5.66. The van der Waals surface area contributed by atoms with Gasteiger partial charge in [-0.1, -0.05) is 59.7 Å². The molecule has 35 heavy (non-hydrogen) atoms. The van der Waals surface area contributed by atoms with Crippen molar-refractivity contribution in [2.24, 2.45) is 0 Å². The van der Waals surface area contributed by atoms with Gasteiger partial charge in [0.2, 0.25) is 11.8 Å². The molecule has 0 fully saturated rings. The maximum Gasteiger partial charge on any atom is 0.408 e. The maximum atomic E-state index is 13.8. The van der Waals surface area contributed by atoms with Crippen molar-refractivity contribution in [2.45, 2.75) is 78.6 Å². The fourth-order valence-corrected chi connectivity index (χ4v) is 3.95. The summed E-state index contributed by atoms with van der Waals surface area (Å²) in [6, 6.07) is 13.4. The van der Waals surface area contributed by atoms with E-state index in [0.717, 1.165) is 16.7 Å². The summed E-state index contributed by atoms with van der Waals surface area (Å²) in [5.74, 6) is -0.667. The number of hydrogen-bond acceptors (Lipinski definition) is 4. The monoisotopic (exact) mass is 481 g/mol. The number of carbonyl (C=O) groups is 3. The Balaban J connectivity index is 2.43. The second-order valence-corrected chi connectivity index (χ2v) is 10.3. The second kappa shape index (κ2) is 11.9. The van der Waals surface area contributed by atoms with Crippen molar-refractivity contribution in [1.82, 2.24) is 15.5 Å². The molecule has 0 spiro atoms. The number of alkyl carbamates (subject to hydrolysis) is 1. The molecule has 7 nitrogen and oxygen atoms in total. The third kappa shape index (κ3) is 8.74. The molecule has 2 N–H and O–H groups in total. The van der Waals surface area contributed by atoms with Gasteiger partial charge in [0.1, 0.15) is 17.7 Å². The van der Waals surface area contributed by atoms with Crippen LogP contribution in [0.25, 0.3) is 0 Å². The molecule has 0 saturated heterocycles. The number of benzene rings is 2. The molecule has 0 radical (unpaired) electrons. The summed E-state index contributed by atoms with van der Waals surface area (Å²) in [6.07, 6.45) is -0.427. The molecule has 2 aromatic carbocycles. The van der Waals surface area contributed by atoms with E-state index in [1.165, 1.54) is 4.90 Å². The van der Waals surface area contributed by atoms with Gasteiger partial charge in [-0.25, -0.2) is 4.79 Å². The minimum absolute atomic E-state index is 0.0978. The number of hydrogen-bond donors (Lipinski definition) is 2. The average Bonchev–Trinajstić information content (AvgIpc) is 2.71. The van der Waals surface area contributed by atoms with Crippen LogP contribution >= 0.6 is 0 Å². The zero-order valence-electron chi connectivity index (χ0n) is 22.1. The van der Waals surface area contributed by atoms with Gasteiger partial charge in [0.25, 0.3) is 0 Å². The first-order valence-electron chi connectivity index (χ1n) is 12.0. The molecule has 0 aromatic heterocycles. The lowest BCUT2D eigenvalue weighted by Gasteiger charge is -2.32. The van der Waals surface area contributed by atoms with Gasteiger partial charge >= 0.3 is 6.09 Å². The topological polar surface area (TPSA) is 87.7 Å². The van der Waals surface area contributed by atoms with Gasteiger partial charge in [0, 0.05) is 19.5 Å². The van der Waals surface area contributed by atoms with Crippen LogP contribution in [0.3, 0.4) is 0 Å². The quantitative estimate of drug-likeness (QED) is 0.583. The van der Waals surface area contributed by atoms with Gasteiger partial charge in [-0.15, -0.1) is 0 Å². The van der Waals surface area contributed by atoms with Crippen molar-refractivity contribution < 1.29 is 19.1 Å². The van der Waals surface area contributed by atoms with E-state index in [-0.39, 0.29) is 24.3 Å². The van der Waals surface area contributed by atoms with Gasteiger partial charge in [-0.3, -0.25) is 9.59 Å². The van der Waals surface area contributed by atoms with E-state index in [1.807, 2.05) is 76.2 Å². The molecule has 0 aliphatic rings. The van der Waals surface area contributed by atoms with E-state index >= 15 is 0 Å². The SMILES string of the molecule is Cc1cc(C)cc(C(C(=O)NC(C)C)N(C)C(=O)C(Cc2ccccc2)NC(=O)OC(C)(C)C)c1. The molecule has 0 bridgehead atoms. The molecular weight excluding hydrogens is 442 g/mol. The van der Waals surface area contributed by atoms with Crippen molar-refractivity contribution in [3.63, 3.8) is 0 Å². The fourth-order valence-electron chi connectivity index (χ4n) is 3.95. The predicted octanol–water partition coefficient (Wildman–Crippen LogP) is 4.46. The number of aryl methyl sites for hydroxylation is 2. The molecule has 7 heteroatoms. The summed E-state index contributed by atoms with van der Waals surface area (Å²) < 4.78 is 5.41. The van der Waals surface area contributed by atoms with Crippen molar-refractivity contribution >= 4 is 17.9 Å². The van der Waals surface area contributed by atoms with Crippen molar-refractivity contribution in [2.75, 3.05) is 7.05 Å². The highest BCUT2D eigenvalue weighted by Gasteiger charge is 2.34. The van der Waals surface area contributed by atoms with E-state index in [4.69, 9.17) is 4.74 Å². The number of amides is 3. The lowest BCUT2D eigenvalue weighted by atomic mass is 9.98. The first-order chi connectivity index (χ1) is 16.3. The Kier molecular flexibility index (Phi) is 9.46. The van der Waals surface area contributed by atoms with Gasteiger partial charge in [-0.2, -0.15) is 0 Å². The Bertz CT molecular complexity index is 1010. The molecule has 2 rings (SSSR count). The fraction of sp³-hybridized carbons (Fsp3) is 0.464. The van der Waals surface area contributed by atoms with Gasteiger partial charge in [0.15, 0.2) is 0 Å². The van der Waals surface area contributed by atoms with Gasteiger partial charge in [0.05, 0.1) is 0 Å². The molecule has 0 aliphatic carbocycles. The van der Waals surface area contributed by atoms with Crippen LogP contribution in [0.2, 0.25) is 0 Å². The summed E-state index contributed by atoms with van der Waals surface area (Å²) in [6.45, 7) is 13.0. The lowest BCUT2D eigenvalue weighted by Crippen LogP contribution is -2.53. The van der Waals surface area contributed by atoms with Crippen molar-refractivity contribution in [3.05, 3.63) is 70.8 Å². The molecule has 3 amide bonds. The highest BCUT2D eigenvalue weighted by Crippen LogP contribution is 2.24. The van der Waals surface area contributed by atoms with Crippen LogP contribution < -0.4 is 10.6 Å². The van der Waals surface area contributed by atoms with Gasteiger partial charge in [-0.05, 0) is 59.6 Å². The van der Waals surface area contributed by atoms with Crippen LogP contribution in [0.1, 0.15) is 62.9 Å². The molecular formula is C28H39N3O4. The largest absolute Gasteiger partial charge is 0.444 e. The summed E-state index contributed by atoms with van der Waals surface area (Å²) in [4.78, 5) is 41.1. The minimum atomic E-state index is -0.919. The Morgan fingerprint density at radius 1 is 0.943 bits per heavy atom. The second-order valence-electron chi connectivity index (χ2n) is 10.3. The first-order valence-corrected chi connectivity index (χ1v) is 12.0. The van der Waals surface area contributed by atoms with Crippen LogP contribution in [-0.2, 0) is 20.7 Å². The standard InChI is InChI=1S/C28H39N3O4/c1-18(2)29-25(32)24(22-15-19(3)14-20(4)16-22)31(8)26(33)23(17-21-12-10-9-11-13-21)30-27(34)35-28(5,6)7/h9-16,18,23-24H,17H2,1-8H3,(H,29,32)(H,30,34). The van der Waals surface area contributed by atoms with Crippen LogP contribution in [0.15, 0.2) is 48.5 Å². The smallest absolute Gasteiger partial charge is 0.408 e. The molecule has 2 aromatic rings. The Labute approximate surface area is 209 Å². The first kappa shape index (κ1) is 27.9. The van der Waals surface area contributed by atoms with Crippen LogP contribution in [0.5, 0.6) is 0 Å². The average molecular weight is 482 g/mol. The van der Waals surface area contributed by atoms with Crippen LogP contribution in [-0.4, -0.2) is 47.5 Å². The summed E-state index contributed by atoms with van der Waals surface area (Å²) in [5.41, 5.74) is 2.87. The third-order valence-corrected chi connectivity index (χ3v) is 5.25. The van der Waals surface area contributed by atoms with E-state index in [9.17, 15) is 14.4 Å². The number of ether oxygens (including phenoxy) is 1. The number of likely N-dealkylation sites (N-methyl/N-ethyl adjacent to an activating group) is 1. The van der Waals surface area contributed by atoms with Crippen molar-refractivity contribution in [1.29, 1.82) is 0 Å². The third-order valence-electron chi connectivity index (χ3n) is 5.25. The maximum absolute atomic E-state index is 13.8. The predicted molar refractivity (Wildman–Crippen MR) is 138 cm³/mol. The van der Waals surface area contributed by atoms with Crippen LogP contribution in [0, 0.1) is 13.8 Å². The minimum Gasteiger partial charge on any atom is -0.444 e. The van der Waals surface area contributed by atoms with E-state index in [1.54, 1.807) is 27.8 Å². The molecule has 0 heterocycles. The summed E-state index contributed by atoms with van der Waals surface area (Å²) in [7, 11) is 1.60. The normalized spacial score (nSPS) is 13.1. The van der Waals surface area contributed by atoms with Gasteiger partial charge < -0.3 is 20.3 Å².